The minimum Gasteiger partial charge on any atom is -0.395 e. The van der Waals surface area contributed by atoms with E-state index in [9.17, 15) is 13.5 Å². The minimum atomic E-state index is -3.85. The van der Waals surface area contributed by atoms with Gasteiger partial charge in [-0.15, -0.1) is 0 Å². The van der Waals surface area contributed by atoms with E-state index >= 15 is 0 Å². The van der Waals surface area contributed by atoms with Gasteiger partial charge < -0.3 is 10.2 Å². The van der Waals surface area contributed by atoms with Gasteiger partial charge in [0.25, 0.3) is 0 Å². The topological polar surface area (TPSA) is 77.8 Å². The number of rotatable bonds is 6. The first-order valence-corrected chi connectivity index (χ1v) is 9.28. The van der Waals surface area contributed by atoms with Gasteiger partial charge in [0.15, 0.2) is 0 Å². The molecular formula is C19H21NO4S. The molecule has 0 bridgehead atoms. The molecular weight excluding hydrogens is 338 g/mol. The van der Waals surface area contributed by atoms with Gasteiger partial charge >= 0.3 is 0 Å². The average molecular weight is 359 g/mol. The van der Waals surface area contributed by atoms with Crippen LogP contribution in [0.1, 0.15) is 16.7 Å². The summed E-state index contributed by atoms with van der Waals surface area (Å²) in [6.07, 6.45) is 0. The molecule has 2 aromatic carbocycles. The predicted octanol–water partition coefficient (Wildman–Crippen LogP) is 1.52. The molecule has 0 aliphatic heterocycles. The van der Waals surface area contributed by atoms with Gasteiger partial charge in [0, 0.05) is 18.7 Å². The highest BCUT2D eigenvalue weighted by atomic mass is 32.2. The number of aliphatic hydroxyl groups excluding tert-OH is 2. The van der Waals surface area contributed by atoms with Crippen molar-refractivity contribution in [1.29, 1.82) is 0 Å². The number of aryl methyl sites for hydroxylation is 1. The molecule has 0 atom stereocenters. The molecule has 2 rings (SSSR count). The summed E-state index contributed by atoms with van der Waals surface area (Å²) in [5.41, 5.74) is 2.04. The van der Waals surface area contributed by atoms with Crippen LogP contribution in [0, 0.1) is 18.8 Å². The molecule has 25 heavy (non-hydrogen) atoms. The Kier molecular flexibility index (Phi) is 6.73. The molecule has 5 nitrogen and oxygen atoms in total. The van der Waals surface area contributed by atoms with Crippen molar-refractivity contribution in [1.82, 2.24) is 4.31 Å². The molecule has 2 N–H and O–H groups in total. The Balaban J connectivity index is 2.46. The second-order valence-corrected chi connectivity index (χ2v) is 7.41. The molecule has 0 aromatic heterocycles. The fraction of sp³-hybridized carbons (Fsp3) is 0.263. The summed E-state index contributed by atoms with van der Waals surface area (Å²) in [6, 6.07) is 14.1. The third kappa shape index (κ3) is 4.91. The van der Waals surface area contributed by atoms with Crippen LogP contribution < -0.4 is 0 Å². The van der Waals surface area contributed by atoms with Crippen molar-refractivity contribution in [2.45, 2.75) is 18.4 Å². The van der Waals surface area contributed by atoms with Crippen LogP contribution in [0.15, 0.2) is 53.4 Å². The quantitative estimate of drug-likeness (QED) is 0.767. The van der Waals surface area contributed by atoms with Gasteiger partial charge in [0.2, 0.25) is 10.0 Å². The zero-order valence-corrected chi connectivity index (χ0v) is 14.8. The van der Waals surface area contributed by atoms with Crippen molar-refractivity contribution < 1.29 is 18.6 Å². The summed E-state index contributed by atoms with van der Waals surface area (Å²) in [7, 11) is -3.85. The second kappa shape index (κ2) is 8.79. The van der Waals surface area contributed by atoms with Gasteiger partial charge in [-0.1, -0.05) is 48.2 Å². The number of aliphatic hydroxyl groups is 2. The third-order valence-corrected chi connectivity index (χ3v) is 5.51. The number of nitrogens with zero attached hydrogens (tertiary/aromatic N) is 1. The van der Waals surface area contributed by atoms with Crippen LogP contribution in [0.25, 0.3) is 0 Å². The zero-order chi connectivity index (χ0) is 18.3. The second-order valence-electron chi connectivity index (χ2n) is 5.51. The van der Waals surface area contributed by atoms with E-state index in [1.165, 1.54) is 10.4 Å². The predicted molar refractivity (Wildman–Crippen MR) is 96.3 cm³/mol. The molecule has 0 aliphatic rings. The van der Waals surface area contributed by atoms with Gasteiger partial charge in [-0.2, -0.15) is 4.31 Å². The molecule has 6 heteroatoms. The SMILES string of the molecule is Cc1ccc(S(=O)(=O)N(CCO)Cc2ccccc2)c(C#CCO)c1. The van der Waals surface area contributed by atoms with E-state index in [-0.39, 0.29) is 31.2 Å². The van der Waals surface area contributed by atoms with Crippen LogP contribution in [0.4, 0.5) is 0 Å². The summed E-state index contributed by atoms with van der Waals surface area (Å²) in [6.45, 7) is 1.35. The number of hydrogen-bond donors (Lipinski definition) is 2. The smallest absolute Gasteiger partial charge is 0.244 e. The normalized spacial score (nSPS) is 11.2. The largest absolute Gasteiger partial charge is 0.395 e. The van der Waals surface area contributed by atoms with Crippen molar-refractivity contribution in [3.8, 4) is 11.8 Å². The summed E-state index contributed by atoms with van der Waals surface area (Å²) in [5.74, 6) is 5.20. The lowest BCUT2D eigenvalue weighted by Gasteiger charge is -2.22. The van der Waals surface area contributed by atoms with E-state index in [4.69, 9.17) is 5.11 Å². The lowest BCUT2D eigenvalue weighted by atomic mass is 10.1. The molecule has 0 aliphatic carbocycles. The van der Waals surface area contributed by atoms with E-state index in [0.29, 0.717) is 5.56 Å². The van der Waals surface area contributed by atoms with Crippen LogP contribution in [-0.2, 0) is 16.6 Å². The molecule has 0 unspecified atom stereocenters. The summed E-state index contributed by atoms with van der Waals surface area (Å²) in [4.78, 5) is 0.0726. The van der Waals surface area contributed by atoms with Gasteiger partial charge in [-0.25, -0.2) is 8.42 Å². The molecule has 2 aromatic rings. The van der Waals surface area contributed by atoms with E-state index in [1.807, 2.05) is 37.3 Å². The first-order valence-electron chi connectivity index (χ1n) is 7.84. The molecule has 0 spiro atoms. The number of hydrogen-bond acceptors (Lipinski definition) is 4. The fourth-order valence-electron chi connectivity index (χ4n) is 2.42. The Labute approximate surface area is 148 Å². The van der Waals surface area contributed by atoms with Crippen molar-refractivity contribution in [3.05, 3.63) is 65.2 Å². The van der Waals surface area contributed by atoms with Crippen LogP contribution in [0.3, 0.4) is 0 Å². The summed E-state index contributed by atoms with van der Waals surface area (Å²) >= 11 is 0. The Morgan fingerprint density at radius 2 is 1.80 bits per heavy atom. The highest BCUT2D eigenvalue weighted by Crippen LogP contribution is 2.22. The lowest BCUT2D eigenvalue weighted by molar-refractivity contribution is 0.251. The Morgan fingerprint density at radius 3 is 2.44 bits per heavy atom. The third-order valence-electron chi connectivity index (χ3n) is 3.61. The van der Waals surface area contributed by atoms with Crippen molar-refractivity contribution in [2.75, 3.05) is 19.8 Å². The molecule has 0 saturated carbocycles. The first-order chi connectivity index (χ1) is 12.0. The van der Waals surface area contributed by atoms with E-state index < -0.39 is 10.0 Å². The number of sulfonamides is 1. The Hall–Kier alpha value is -2.17. The van der Waals surface area contributed by atoms with Crippen LogP contribution in [0.2, 0.25) is 0 Å². The van der Waals surface area contributed by atoms with E-state index in [1.54, 1.807) is 12.1 Å². The Bertz CT molecular complexity index is 867. The van der Waals surface area contributed by atoms with Crippen molar-refractivity contribution >= 4 is 10.0 Å². The fourth-order valence-corrected chi connectivity index (χ4v) is 3.97. The van der Waals surface area contributed by atoms with Gasteiger partial charge in [-0.3, -0.25) is 0 Å². The monoisotopic (exact) mass is 359 g/mol. The van der Waals surface area contributed by atoms with Crippen LogP contribution in [-0.4, -0.2) is 42.7 Å². The maximum atomic E-state index is 13.1. The summed E-state index contributed by atoms with van der Waals surface area (Å²) < 4.78 is 27.4. The van der Waals surface area contributed by atoms with Crippen LogP contribution >= 0.6 is 0 Å². The Morgan fingerprint density at radius 1 is 1.08 bits per heavy atom. The van der Waals surface area contributed by atoms with Crippen molar-refractivity contribution in [3.63, 3.8) is 0 Å². The maximum absolute atomic E-state index is 13.1. The first kappa shape index (κ1) is 19.2. The standard InChI is InChI=1S/C19H21NO4S/c1-16-9-10-19(18(14-16)8-5-12-21)25(23,24)20(11-13-22)15-17-6-3-2-4-7-17/h2-4,6-7,9-10,14,21-22H,11-13,15H2,1H3. The van der Waals surface area contributed by atoms with Gasteiger partial charge in [0.05, 0.1) is 11.5 Å². The highest BCUT2D eigenvalue weighted by molar-refractivity contribution is 7.89. The van der Waals surface area contributed by atoms with Gasteiger partial charge in [0.1, 0.15) is 6.61 Å². The average Bonchev–Trinajstić information content (AvgIpc) is 2.60. The molecule has 0 heterocycles. The van der Waals surface area contributed by atoms with E-state index in [2.05, 4.69) is 11.8 Å². The molecule has 0 amide bonds. The zero-order valence-electron chi connectivity index (χ0n) is 14.0. The van der Waals surface area contributed by atoms with E-state index in [0.717, 1.165) is 11.1 Å². The lowest BCUT2D eigenvalue weighted by Crippen LogP contribution is -2.33. The van der Waals surface area contributed by atoms with Crippen LogP contribution in [0.5, 0.6) is 0 Å². The summed E-state index contributed by atoms with van der Waals surface area (Å²) in [5, 5.41) is 18.2. The molecule has 0 radical (unpaired) electrons. The van der Waals surface area contributed by atoms with Gasteiger partial charge in [-0.05, 0) is 30.2 Å². The molecule has 0 fully saturated rings. The number of benzene rings is 2. The maximum Gasteiger partial charge on any atom is 0.244 e. The van der Waals surface area contributed by atoms with Crippen molar-refractivity contribution in [2.24, 2.45) is 0 Å². The highest BCUT2D eigenvalue weighted by Gasteiger charge is 2.26. The molecule has 0 saturated heterocycles. The minimum absolute atomic E-state index is 0.0159. The molecule has 132 valence electrons.